The Kier molecular flexibility index (Phi) is 20.7. The zero-order chi connectivity index (χ0) is 58.3. The van der Waals surface area contributed by atoms with E-state index >= 15 is 0 Å². The summed E-state index contributed by atoms with van der Waals surface area (Å²) < 4.78 is 45.4. The number of methoxy groups -OCH3 is 1. The number of nitrogens with zero attached hydrogens (tertiary/aromatic N) is 3. The quantitative estimate of drug-likeness (QED) is 0.0641. The number of carbonyl (C=O) groups is 2. The second-order valence-electron chi connectivity index (χ2n) is 24.9. The van der Waals surface area contributed by atoms with Crippen LogP contribution in [0.25, 0.3) is 22.3 Å². The van der Waals surface area contributed by atoms with E-state index in [0.717, 1.165) is 40.9 Å². The highest BCUT2D eigenvalue weighted by atomic mass is 127. The predicted octanol–water partition coefficient (Wildman–Crippen LogP) is 7.41. The van der Waals surface area contributed by atoms with Crippen molar-refractivity contribution >= 4 is 46.1 Å². The van der Waals surface area contributed by atoms with Crippen LogP contribution >= 0.6 is 34.2 Å². The summed E-state index contributed by atoms with van der Waals surface area (Å²) in [5, 5.41) is 60.3. The summed E-state index contributed by atoms with van der Waals surface area (Å²) in [6, 6.07) is 16.9. The SMILES string of the molecule is CO[C@]1(C)C[C@H](O[C@H]2[C@H](C)[C@@H](O[C@@H]3O[C@H](C)C[C@H](N(C)CCOC(=O)Cc4c(-c5ccc(Cl)cc5)c(-c5ccccc5)c5n4CC(C)(C)C5)[C@H]3O)[C@](C)(O)C[C@@H](C)CN(C)[C@H](C)[C@@H](O)[C@](C)(O)[C@@H](I)OC(=O)[C@@H]2C)O[C@@H](C)[C@@H]1O. The second kappa shape index (κ2) is 25.6. The van der Waals surface area contributed by atoms with Gasteiger partial charge in [-0.25, -0.2) is 0 Å². The van der Waals surface area contributed by atoms with Gasteiger partial charge < -0.3 is 68.2 Å². The maximum atomic E-state index is 14.4. The van der Waals surface area contributed by atoms with Crippen molar-refractivity contribution in [3.05, 3.63) is 71.0 Å². The Balaban J connectivity index is 1.14. The lowest BCUT2D eigenvalue weighted by atomic mass is 9.77. The van der Waals surface area contributed by atoms with Gasteiger partial charge in [0.2, 0.25) is 0 Å². The monoisotopic (exact) mass is 1240 g/mol. The maximum Gasteiger partial charge on any atom is 0.312 e. The molecule has 0 unspecified atom stereocenters. The number of ether oxygens (including phenoxy) is 7. The van der Waals surface area contributed by atoms with E-state index < -0.39 is 106 Å². The van der Waals surface area contributed by atoms with Gasteiger partial charge in [-0.3, -0.25) is 14.5 Å². The summed E-state index contributed by atoms with van der Waals surface area (Å²) in [5.41, 5.74) is 1.54. The minimum atomic E-state index is -1.88. The average molecular weight is 1240 g/mol. The Morgan fingerprint density at radius 2 is 1.53 bits per heavy atom. The van der Waals surface area contributed by atoms with Crippen molar-refractivity contribution in [2.24, 2.45) is 23.2 Å². The van der Waals surface area contributed by atoms with Crippen LogP contribution in [0.4, 0.5) is 0 Å². The van der Waals surface area contributed by atoms with Crippen molar-refractivity contribution in [3.8, 4) is 22.3 Å². The highest BCUT2D eigenvalue weighted by Crippen LogP contribution is 2.48. The molecule has 3 saturated heterocycles. The molecule has 0 amide bonds. The van der Waals surface area contributed by atoms with Crippen LogP contribution in [0.5, 0.6) is 0 Å². The van der Waals surface area contributed by atoms with Gasteiger partial charge in [-0.05, 0) is 139 Å². The van der Waals surface area contributed by atoms with Gasteiger partial charge >= 0.3 is 11.9 Å². The van der Waals surface area contributed by atoms with E-state index in [1.54, 1.807) is 41.5 Å². The molecule has 5 N–H and O–H groups in total. The first kappa shape index (κ1) is 63.8. The molecule has 0 radical (unpaired) electrons. The van der Waals surface area contributed by atoms with Gasteiger partial charge in [-0.15, -0.1) is 0 Å². The van der Waals surface area contributed by atoms with Crippen LogP contribution in [0, 0.1) is 23.2 Å². The molecule has 0 aliphatic carbocycles. The lowest BCUT2D eigenvalue weighted by Gasteiger charge is -2.49. The van der Waals surface area contributed by atoms with Gasteiger partial charge in [0.1, 0.15) is 30.5 Å². The van der Waals surface area contributed by atoms with E-state index in [0.29, 0.717) is 18.0 Å². The first-order valence-corrected chi connectivity index (χ1v) is 29.6. The van der Waals surface area contributed by atoms with Crippen molar-refractivity contribution in [1.82, 2.24) is 14.4 Å². The van der Waals surface area contributed by atoms with E-state index in [4.69, 9.17) is 44.8 Å². The lowest BCUT2D eigenvalue weighted by molar-refractivity contribution is -0.318. The molecule has 3 fully saturated rings. The molecular weight excluding hydrogens is 1150 g/mol. The number of hydrogen-bond donors (Lipinski definition) is 5. The van der Waals surface area contributed by atoms with Crippen LogP contribution in [-0.2, 0) is 62.1 Å². The summed E-state index contributed by atoms with van der Waals surface area (Å²) in [5.74, 6) is -3.31. The van der Waals surface area contributed by atoms with Crippen LogP contribution in [0.3, 0.4) is 0 Å². The van der Waals surface area contributed by atoms with Crippen molar-refractivity contribution in [2.45, 2.75) is 203 Å². The highest BCUT2D eigenvalue weighted by Gasteiger charge is 2.53. The molecule has 1 aromatic heterocycles. The molecule has 0 saturated carbocycles. The number of benzene rings is 2. The number of aliphatic hydroxyl groups is 5. The van der Waals surface area contributed by atoms with E-state index in [9.17, 15) is 35.1 Å². The molecule has 79 heavy (non-hydrogen) atoms. The van der Waals surface area contributed by atoms with Crippen LogP contribution in [0.15, 0.2) is 54.6 Å². The standard InChI is InChI=1S/C60H89ClIN3O14/c1-33-28-58(9,71)53(35(3)50(77-46-30-59(10,73-14)52(69)38(6)76-46)36(4)54(70)79-56(62)60(11,72)51(68)37(5)64(13)31-33)78-55-49(67)43(26-34(2)75-55)63(12)24-25-74-45(66)27-42-47(40-20-22-41(61)23-21-40)48(39-18-16-15-17-19-39)44-29-57(7,8)32-65(42)44/h15-23,33-38,43,46,49-53,55-56,67-69,71-72H,24-32H2,1-14H3/t33-,34-,35+,36-,37-,38+,43+,46+,49-,50+,51-,52+,53-,55+,56+,58-,59-,60+/m1/s1. The highest BCUT2D eigenvalue weighted by molar-refractivity contribution is 14.1. The summed E-state index contributed by atoms with van der Waals surface area (Å²) in [6.45, 7) is 21.5. The molecule has 4 aliphatic heterocycles. The number of cyclic esters (lactones) is 1. The molecule has 442 valence electrons. The fourth-order valence-electron chi connectivity index (χ4n) is 12.8. The maximum absolute atomic E-state index is 14.4. The number of aromatic nitrogens is 1. The van der Waals surface area contributed by atoms with E-state index in [-0.39, 0.29) is 49.7 Å². The number of rotatable bonds is 13. The zero-order valence-corrected chi connectivity index (χ0v) is 51.6. The molecular formula is C60H89ClIN3O14. The Labute approximate surface area is 486 Å². The molecule has 0 spiro atoms. The third-order valence-corrected chi connectivity index (χ3v) is 19.2. The molecule has 4 aliphatic rings. The van der Waals surface area contributed by atoms with Crippen LogP contribution in [0.2, 0.25) is 5.02 Å². The number of hydrogen-bond acceptors (Lipinski definition) is 16. The van der Waals surface area contributed by atoms with Crippen molar-refractivity contribution in [2.75, 3.05) is 40.9 Å². The minimum absolute atomic E-state index is 0.0216. The predicted molar refractivity (Wildman–Crippen MR) is 309 cm³/mol. The van der Waals surface area contributed by atoms with Gasteiger partial charge in [0, 0.05) is 78.7 Å². The van der Waals surface area contributed by atoms with Crippen molar-refractivity contribution in [1.29, 1.82) is 0 Å². The van der Waals surface area contributed by atoms with Crippen molar-refractivity contribution in [3.63, 3.8) is 0 Å². The summed E-state index contributed by atoms with van der Waals surface area (Å²) in [7, 11) is 5.17. The lowest BCUT2D eigenvalue weighted by Crippen LogP contribution is -2.61. The van der Waals surface area contributed by atoms with Gasteiger partial charge in [-0.1, -0.05) is 81.8 Å². The van der Waals surface area contributed by atoms with E-state index in [1.165, 1.54) is 19.7 Å². The molecule has 5 heterocycles. The number of fused-ring (bicyclic) bond motifs is 1. The molecule has 0 bridgehead atoms. The molecule has 19 heteroatoms. The van der Waals surface area contributed by atoms with Gasteiger partial charge in [-0.2, -0.15) is 0 Å². The Morgan fingerprint density at radius 3 is 2.18 bits per heavy atom. The van der Waals surface area contributed by atoms with E-state index in [1.807, 2.05) is 103 Å². The number of alkyl halides is 1. The Bertz CT molecular complexity index is 2530. The fourth-order valence-corrected chi connectivity index (χ4v) is 13.5. The largest absolute Gasteiger partial charge is 0.464 e. The van der Waals surface area contributed by atoms with Gasteiger partial charge in [0.05, 0.1) is 48.0 Å². The Hall–Kier alpha value is -2.80. The molecule has 2 aromatic carbocycles. The van der Waals surface area contributed by atoms with Crippen molar-refractivity contribution < 1.29 is 68.3 Å². The van der Waals surface area contributed by atoms with E-state index in [2.05, 4.69) is 30.5 Å². The number of likely N-dealkylation sites (N-methyl/N-ethyl adjacent to an activating group) is 2. The molecule has 7 rings (SSSR count). The molecule has 3 aromatic rings. The van der Waals surface area contributed by atoms with Gasteiger partial charge in [0.15, 0.2) is 16.7 Å². The average Bonchev–Trinajstić information content (AvgIpc) is 4.09. The fraction of sp³-hybridized carbons (Fsp3) is 0.700. The summed E-state index contributed by atoms with van der Waals surface area (Å²) >= 11 is 8.21. The second-order valence-corrected chi connectivity index (χ2v) is 26.5. The first-order valence-electron chi connectivity index (χ1n) is 28.0. The number of halogens is 2. The first-order chi connectivity index (χ1) is 36.9. The minimum Gasteiger partial charge on any atom is -0.464 e. The number of aliphatic hydroxyl groups excluding tert-OH is 3. The van der Waals surface area contributed by atoms with Gasteiger partial charge in [0.25, 0.3) is 0 Å². The van der Waals surface area contributed by atoms with Crippen LogP contribution < -0.4 is 0 Å². The zero-order valence-electron chi connectivity index (χ0n) is 48.7. The van der Waals surface area contributed by atoms with Crippen LogP contribution in [0.1, 0.15) is 107 Å². The summed E-state index contributed by atoms with van der Waals surface area (Å²) in [4.78, 5) is 32.4. The number of carbonyl (C=O) groups excluding carboxylic acids is 2. The molecule has 17 nitrogen and oxygen atoms in total. The summed E-state index contributed by atoms with van der Waals surface area (Å²) in [6.07, 6.45) is -7.82. The topological polar surface area (TPSA) is 211 Å². The molecule has 18 atom stereocenters. The van der Waals surface area contributed by atoms with Crippen LogP contribution in [-0.4, -0.2) is 181 Å². The normalized spacial score (nSPS) is 37.9. The third kappa shape index (κ3) is 14.2. The third-order valence-electron chi connectivity index (χ3n) is 17.4. The Morgan fingerprint density at radius 1 is 0.886 bits per heavy atom. The smallest absolute Gasteiger partial charge is 0.312 e. The number of esters is 2.